The number of unbranched alkanes of at least 4 members (excludes halogenated alkanes) is 4. The van der Waals surface area contributed by atoms with Crippen LogP contribution in [0.3, 0.4) is 0 Å². The molecule has 0 saturated heterocycles. The van der Waals surface area contributed by atoms with Crippen LogP contribution in [-0.2, 0) is 19.1 Å². The zero-order chi connectivity index (χ0) is 15.2. The lowest BCUT2D eigenvalue weighted by molar-refractivity contribution is -0.144. The first-order chi connectivity index (χ1) is 9.63. The Morgan fingerprint density at radius 3 is 2.10 bits per heavy atom. The quantitative estimate of drug-likeness (QED) is 0.329. The van der Waals surface area contributed by atoms with Gasteiger partial charge >= 0.3 is 11.9 Å². The summed E-state index contributed by atoms with van der Waals surface area (Å²) in [4.78, 5) is 22.8. The Kier molecular flexibility index (Phi) is 11.9. The Labute approximate surface area is 122 Å². The van der Waals surface area contributed by atoms with Crippen molar-refractivity contribution in [2.24, 2.45) is 0 Å². The fourth-order valence-electron chi connectivity index (χ4n) is 1.72. The van der Waals surface area contributed by atoms with Gasteiger partial charge in [-0.2, -0.15) is 0 Å². The third-order valence-electron chi connectivity index (χ3n) is 3.04. The van der Waals surface area contributed by atoms with E-state index in [0.717, 1.165) is 37.8 Å². The number of rotatable bonds is 11. The maximum atomic E-state index is 11.4. The van der Waals surface area contributed by atoms with E-state index in [1.165, 1.54) is 19.3 Å². The second-order valence-electron chi connectivity index (χ2n) is 4.79. The summed E-state index contributed by atoms with van der Waals surface area (Å²) in [5, 5.41) is 0. The van der Waals surface area contributed by atoms with Gasteiger partial charge in [0.25, 0.3) is 0 Å². The summed E-state index contributed by atoms with van der Waals surface area (Å²) in [6.07, 6.45) is 9.27. The van der Waals surface area contributed by atoms with Gasteiger partial charge in [-0.25, -0.2) is 9.59 Å². The maximum Gasteiger partial charge on any atom is 0.331 e. The van der Waals surface area contributed by atoms with Crippen molar-refractivity contribution < 1.29 is 19.1 Å². The van der Waals surface area contributed by atoms with Gasteiger partial charge in [0.2, 0.25) is 0 Å². The largest absolute Gasteiger partial charge is 0.463 e. The summed E-state index contributed by atoms with van der Waals surface area (Å²) in [5.41, 5.74) is 0. The van der Waals surface area contributed by atoms with Crippen molar-refractivity contribution in [3.63, 3.8) is 0 Å². The molecule has 0 atom stereocenters. The molecule has 0 aliphatic carbocycles. The van der Waals surface area contributed by atoms with E-state index in [2.05, 4.69) is 6.92 Å². The Balaban J connectivity index is 3.73. The molecule has 0 radical (unpaired) electrons. The van der Waals surface area contributed by atoms with Crippen molar-refractivity contribution in [1.82, 2.24) is 0 Å². The summed E-state index contributed by atoms with van der Waals surface area (Å²) >= 11 is 0. The smallest absolute Gasteiger partial charge is 0.331 e. The van der Waals surface area contributed by atoms with Gasteiger partial charge in [-0.3, -0.25) is 0 Å². The van der Waals surface area contributed by atoms with Crippen molar-refractivity contribution in [3.05, 3.63) is 12.2 Å². The van der Waals surface area contributed by atoms with Crippen molar-refractivity contribution in [2.45, 2.75) is 71.8 Å². The normalized spacial score (nSPS) is 11.0. The molecule has 0 aliphatic heterocycles. The first-order valence-corrected chi connectivity index (χ1v) is 7.69. The van der Waals surface area contributed by atoms with Crippen LogP contribution < -0.4 is 0 Å². The molecule has 0 aliphatic rings. The molecule has 0 unspecified atom stereocenters. The highest BCUT2D eigenvalue weighted by Gasteiger charge is 2.08. The van der Waals surface area contributed by atoms with E-state index in [1.54, 1.807) is 0 Å². The minimum Gasteiger partial charge on any atom is -0.463 e. The topological polar surface area (TPSA) is 52.6 Å². The first-order valence-electron chi connectivity index (χ1n) is 7.69. The molecule has 4 nitrogen and oxygen atoms in total. The van der Waals surface area contributed by atoms with Crippen LogP contribution >= 0.6 is 0 Å². The standard InChI is InChI=1S/C16H28O4/c1-4-7-8-9-10-13-19-15(17)11-12-16(18)20-14(5-2)6-3/h11-12,14H,4-10,13H2,1-3H3/b12-11+. The maximum absolute atomic E-state index is 11.4. The summed E-state index contributed by atoms with van der Waals surface area (Å²) in [7, 11) is 0. The van der Waals surface area contributed by atoms with Crippen LogP contribution in [0.5, 0.6) is 0 Å². The lowest BCUT2D eigenvalue weighted by Gasteiger charge is -2.11. The predicted octanol–water partition coefficient (Wildman–Crippen LogP) is 3.79. The molecule has 0 heterocycles. The Morgan fingerprint density at radius 1 is 0.900 bits per heavy atom. The van der Waals surface area contributed by atoms with E-state index in [1.807, 2.05) is 13.8 Å². The Hall–Kier alpha value is -1.32. The highest BCUT2D eigenvalue weighted by atomic mass is 16.5. The highest BCUT2D eigenvalue weighted by molar-refractivity contribution is 5.91. The fraction of sp³-hybridized carbons (Fsp3) is 0.750. The molecule has 0 saturated carbocycles. The predicted molar refractivity (Wildman–Crippen MR) is 79.3 cm³/mol. The molecule has 0 fully saturated rings. The fourth-order valence-corrected chi connectivity index (χ4v) is 1.72. The number of hydrogen-bond donors (Lipinski definition) is 0. The molecule has 4 heteroatoms. The van der Waals surface area contributed by atoms with Gasteiger partial charge < -0.3 is 9.47 Å². The van der Waals surface area contributed by atoms with Crippen LogP contribution in [0.25, 0.3) is 0 Å². The van der Waals surface area contributed by atoms with Gasteiger partial charge in [-0.15, -0.1) is 0 Å². The number of ether oxygens (including phenoxy) is 2. The molecule has 0 N–H and O–H groups in total. The van der Waals surface area contributed by atoms with Crippen molar-refractivity contribution in [2.75, 3.05) is 6.61 Å². The lowest BCUT2D eigenvalue weighted by atomic mass is 10.2. The van der Waals surface area contributed by atoms with E-state index >= 15 is 0 Å². The molecule has 116 valence electrons. The summed E-state index contributed by atoms with van der Waals surface area (Å²) < 4.78 is 10.1. The molecular formula is C16H28O4. The zero-order valence-corrected chi connectivity index (χ0v) is 13.0. The van der Waals surface area contributed by atoms with E-state index in [0.29, 0.717) is 6.61 Å². The molecular weight excluding hydrogens is 256 g/mol. The second kappa shape index (κ2) is 12.7. The van der Waals surface area contributed by atoms with Crippen molar-refractivity contribution >= 4 is 11.9 Å². The molecule has 0 spiro atoms. The number of carbonyl (C=O) groups is 2. The average molecular weight is 284 g/mol. The number of carbonyl (C=O) groups excluding carboxylic acids is 2. The SMILES string of the molecule is CCCCCCCOC(=O)/C=C/C(=O)OC(CC)CC. The summed E-state index contributed by atoms with van der Waals surface area (Å²) in [6.45, 7) is 6.48. The highest BCUT2D eigenvalue weighted by Crippen LogP contribution is 2.04. The van der Waals surface area contributed by atoms with Gasteiger partial charge in [0.1, 0.15) is 6.10 Å². The zero-order valence-electron chi connectivity index (χ0n) is 13.0. The molecule has 0 aromatic carbocycles. The van der Waals surface area contributed by atoms with Gasteiger partial charge in [0.15, 0.2) is 0 Å². The molecule has 0 bridgehead atoms. The first kappa shape index (κ1) is 18.7. The minimum atomic E-state index is -0.487. The minimum absolute atomic E-state index is 0.0817. The monoisotopic (exact) mass is 284 g/mol. The Morgan fingerprint density at radius 2 is 1.50 bits per heavy atom. The van der Waals surface area contributed by atoms with Gasteiger partial charge in [0.05, 0.1) is 6.61 Å². The second-order valence-corrected chi connectivity index (χ2v) is 4.79. The van der Waals surface area contributed by atoms with Crippen molar-refractivity contribution in [1.29, 1.82) is 0 Å². The van der Waals surface area contributed by atoms with Crippen LogP contribution in [0, 0.1) is 0 Å². The van der Waals surface area contributed by atoms with Gasteiger partial charge in [0, 0.05) is 12.2 Å². The third-order valence-corrected chi connectivity index (χ3v) is 3.04. The summed E-state index contributed by atoms with van der Waals surface area (Å²) in [5.74, 6) is -0.972. The number of esters is 2. The van der Waals surface area contributed by atoms with Crippen molar-refractivity contribution in [3.8, 4) is 0 Å². The van der Waals surface area contributed by atoms with Crippen LogP contribution in [0.2, 0.25) is 0 Å². The van der Waals surface area contributed by atoms with E-state index < -0.39 is 11.9 Å². The van der Waals surface area contributed by atoms with E-state index in [9.17, 15) is 9.59 Å². The van der Waals surface area contributed by atoms with Crippen LogP contribution in [0.1, 0.15) is 65.7 Å². The van der Waals surface area contributed by atoms with Crippen LogP contribution in [0.4, 0.5) is 0 Å². The van der Waals surface area contributed by atoms with E-state index in [-0.39, 0.29) is 6.10 Å². The molecule has 0 amide bonds. The van der Waals surface area contributed by atoms with Crippen LogP contribution in [-0.4, -0.2) is 24.6 Å². The third kappa shape index (κ3) is 10.6. The molecule has 0 aromatic heterocycles. The van der Waals surface area contributed by atoms with Gasteiger partial charge in [-0.05, 0) is 19.3 Å². The lowest BCUT2D eigenvalue weighted by Crippen LogP contribution is -2.15. The molecule has 20 heavy (non-hydrogen) atoms. The van der Waals surface area contributed by atoms with Crippen LogP contribution in [0.15, 0.2) is 12.2 Å². The average Bonchev–Trinajstić information content (AvgIpc) is 2.46. The van der Waals surface area contributed by atoms with E-state index in [4.69, 9.17) is 9.47 Å². The summed E-state index contributed by atoms with van der Waals surface area (Å²) in [6, 6.07) is 0. The Bertz CT molecular complexity index is 293. The van der Waals surface area contributed by atoms with Gasteiger partial charge in [-0.1, -0.05) is 46.5 Å². The number of hydrogen-bond acceptors (Lipinski definition) is 4. The molecule has 0 rings (SSSR count). The molecule has 0 aromatic rings.